The number of rotatable bonds is 4. The Labute approximate surface area is 136 Å². The SMILES string of the molecule is Cc1cc(C)nc(SCC(=O)NC2CCCNC2C)n1.Cl. The minimum absolute atomic E-state index is 0. The maximum atomic E-state index is 12.0. The van der Waals surface area contributed by atoms with Crippen LogP contribution in [0.3, 0.4) is 0 Å². The van der Waals surface area contributed by atoms with E-state index in [1.165, 1.54) is 11.8 Å². The quantitative estimate of drug-likeness (QED) is 0.651. The summed E-state index contributed by atoms with van der Waals surface area (Å²) in [4.78, 5) is 20.6. The van der Waals surface area contributed by atoms with Crippen LogP contribution in [0.5, 0.6) is 0 Å². The molecule has 0 saturated carbocycles. The van der Waals surface area contributed by atoms with Crippen molar-refractivity contribution >= 4 is 30.1 Å². The Morgan fingerprint density at radius 2 is 2.10 bits per heavy atom. The zero-order valence-electron chi connectivity index (χ0n) is 12.7. The highest BCUT2D eigenvalue weighted by Gasteiger charge is 2.22. The molecule has 2 rings (SSSR count). The van der Waals surface area contributed by atoms with Crippen molar-refractivity contribution in [2.24, 2.45) is 0 Å². The molecule has 1 aliphatic heterocycles. The Bertz CT molecular complexity index is 466. The minimum atomic E-state index is 0. The molecule has 118 valence electrons. The third-order valence-corrected chi connectivity index (χ3v) is 4.25. The summed E-state index contributed by atoms with van der Waals surface area (Å²) in [6.07, 6.45) is 2.16. The van der Waals surface area contributed by atoms with Crippen LogP contribution in [0.15, 0.2) is 11.2 Å². The van der Waals surface area contributed by atoms with Crippen LogP contribution in [-0.4, -0.2) is 40.3 Å². The second kappa shape index (κ2) is 8.56. The molecule has 2 atom stereocenters. The molecule has 5 nitrogen and oxygen atoms in total. The second-order valence-corrected chi connectivity index (χ2v) is 6.22. The van der Waals surface area contributed by atoms with Gasteiger partial charge in [0.2, 0.25) is 5.91 Å². The van der Waals surface area contributed by atoms with E-state index in [1.54, 1.807) is 0 Å². The molecule has 2 unspecified atom stereocenters. The van der Waals surface area contributed by atoms with Gasteiger partial charge in [-0.2, -0.15) is 0 Å². The fraction of sp³-hybridized carbons (Fsp3) is 0.643. The zero-order chi connectivity index (χ0) is 14.5. The third-order valence-electron chi connectivity index (χ3n) is 3.40. The number of carbonyl (C=O) groups excluding carboxylic acids is 1. The summed E-state index contributed by atoms with van der Waals surface area (Å²) < 4.78 is 0. The van der Waals surface area contributed by atoms with Gasteiger partial charge in [0.15, 0.2) is 5.16 Å². The Hall–Kier alpha value is -0.850. The zero-order valence-corrected chi connectivity index (χ0v) is 14.3. The molecular formula is C14H23ClN4OS. The van der Waals surface area contributed by atoms with E-state index < -0.39 is 0 Å². The molecule has 1 aromatic heterocycles. The molecule has 0 bridgehead atoms. The molecule has 21 heavy (non-hydrogen) atoms. The van der Waals surface area contributed by atoms with Crippen molar-refractivity contribution in [1.82, 2.24) is 20.6 Å². The van der Waals surface area contributed by atoms with E-state index in [0.717, 1.165) is 30.8 Å². The van der Waals surface area contributed by atoms with Gasteiger partial charge in [-0.15, -0.1) is 12.4 Å². The lowest BCUT2D eigenvalue weighted by Gasteiger charge is -2.30. The highest BCUT2D eigenvalue weighted by Crippen LogP contribution is 2.14. The van der Waals surface area contributed by atoms with Gasteiger partial charge in [-0.3, -0.25) is 4.79 Å². The van der Waals surface area contributed by atoms with Crippen molar-refractivity contribution in [3.63, 3.8) is 0 Å². The van der Waals surface area contributed by atoms with Crippen molar-refractivity contribution in [2.45, 2.75) is 50.9 Å². The first-order chi connectivity index (χ1) is 9.54. The van der Waals surface area contributed by atoms with E-state index in [-0.39, 0.29) is 24.4 Å². The van der Waals surface area contributed by atoms with Gasteiger partial charge in [0.25, 0.3) is 0 Å². The van der Waals surface area contributed by atoms with E-state index >= 15 is 0 Å². The third kappa shape index (κ3) is 5.80. The summed E-state index contributed by atoms with van der Waals surface area (Å²) in [5.41, 5.74) is 1.87. The van der Waals surface area contributed by atoms with Gasteiger partial charge < -0.3 is 10.6 Å². The average Bonchev–Trinajstić information content (AvgIpc) is 2.38. The van der Waals surface area contributed by atoms with Crippen LogP contribution in [0.25, 0.3) is 0 Å². The number of hydrogen-bond acceptors (Lipinski definition) is 5. The minimum Gasteiger partial charge on any atom is -0.351 e. The van der Waals surface area contributed by atoms with Crippen molar-refractivity contribution in [3.05, 3.63) is 17.5 Å². The van der Waals surface area contributed by atoms with E-state index in [0.29, 0.717) is 17.0 Å². The van der Waals surface area contributed by atoms with Gasteiger partial charge in [0.05, 0.1) is 5.75 Å². The van der Waals surface area contributed by atoms with E-state index in [1.807, 2.05) is 19.9 Å². The molecule has 0 radical (unpaired) electrons. The topological polar surface area (TPSA) is 66.9 Å². The van der Waals surface area contributed by atoms with Crippen LogP contribution in [0.2, 0.25) is 0 Å². The number of carbonyl (C=O) groups is 1. The summed E-state index contributed by atoms with van der Waals surface area (Å²) in [5.74, 6) is 0.421. The van der Waals surface area contributed by atoms with Crippen molar-refractivity contribution < 1.29 is 4.79 Å². The van der Waals surface area contributed by atoms with Gasteiger partial charge >= 0.3 is 0 Å². The molecule has 1 fully saturated rings. The van der Waals surface area contributed by atoms with Crippen molar-refractivity contribution in [3.8, 4) is 0 Å². The molecule has 1 saturated heterocycles. The Kier molecular flexibility index (Phi) is 7.42. The lowest BCUT2D eigenvalue weighted by atomic mass is 10.00. The summed E-state index contributed by atoms with van der Waals surface area (Å²) in [7, 11) is 0. The number of thioether (sulfide) groups is 1. The first-order valence-corrected chi connectivity index (χ1v) is 8.01. The number of aromatic nitrogens is 2. The molecule has 2 heterocycles. The first kappa shape index (κ1) is 18.2. The molecule has 1 aliphatic rings. The number of nitrogens with one attached hydrogen (secondary N) is 2. The highest BCUT2D eigenvalue weighted by molar-refractivity contribution is 7.99. The molecule has 7 heteroatoms. The molecule has 1 amide bonds. The largest absolute Gasteiger partial charge is 0.351 e. The number of hydrogen-bond donors (Lipinski definition) is 2. The smallest absolute Gasteiger partial charge is 0.230 e. The molecule has 0 aliphatic carbocycles. The van der Waals surface area contributed by atoms with E-state index in [2.05, 4.69) is 27.5 Å². The van der Waals surface area contributed by atoms with Crippen LogP contribution in [-0.2, 0) is 4.79 Å². The maximum absolute atomic E-state index is 12.0. The lowest BCUT2D eigenvalue weighted by molar-refractivity contribution is -0.119. The standard InChI is InChI=1S/C14H22N4OS.ClH/c1-9-7-10(2)17-14(16-9)20-8-13(19)18-12-5-4-6-15-11(12)3;/h7,11-12,15H,4-6,8H2,1-3H3,(H,18,19);1H. The van der Waals surface area contributed by atoms with Crippen molar-refractivity contribution in [1.29, 1.82) is 0 Å². The van der Waals surface area contributed by atoms with Crippen LogP contribution < -0.4 is 10.6 Å². The summed E-state index contributed by atoms with van der Waals surface area (Å²) >= 11 is 1.39. The Morgan fingerprint density at radius 3 is 2.71 bits per heavy atom. The summed E-state index contributed by atoms with van der Waals surface area (Å²) in [6, 6.07) is 2.51. The monoisotopic (exact) mass is 330 g/mol. The van der Waals surface area contributed by atoms with Gasteiger partial charge in [-0.1, -0.05) is 11.8 Å². The van der Waals surface area contributed by atoms with Gasteiger partial charge in [0, 0.05) is 23.5 Å². The molecular weight excluding hydrogens is 308 g/mol. The number of nitrogens with zero attached hydrogens (tertiary/aromatic N) is 2. The molecule has 0 aromatic carbocycles. The van der Waals surface area contributed by atoms with Crippen LogP contribution >= 0.6 is 24.2 Å². The van der Waals surface area contributed by atoms with Crippen LogP contribution in [0, 0.1) is 13.8 Å². The van der Waals surface area contributed by atoms with Crippen LogP contribution in [0.4, 0.5) is 0 Å². The average molecular weight is 331 g/mol. The number of halogens is 1. The van der Waals surface area contributed by atoms with Crippen molar-refractivity contribution in [2.75, 3.05) is 12.3 Å². The van der Waals surface area contributed by atoms with Gasteiger partial charge in [-0.05, 0) is 46.2 Å². The first-order valence-electron chi connectivity index (χ1n) is 7.02. The molecule has 2 N–H and O–H groups in total. The van der Waals surface area contributed by atoms with Gasteiger partial charge in [0.1, 0.15) is 0 Å². The second-order valence-electron chi connectivity index (χ2n) is 5.28. The Balaban J connectivity index is 0.00000220. The van der Waals surface area contributed by atoms with Crippen LogP contribution in [0.1, 0.15) is 31.2 Å². The fourth-order valence-electron chi connectivity index (χ4n) is 2.38. The Morgan fingerprint density at radius 1 is 1.43 bits per heavy atom. The fourth-order valence-corrected chi connectivity index (χ4v) is 3.14. The normalized spacial score (nSPS) is 21.5. The number of amides is 1. The van der Waals surface area contributed by atoms with Gasteiger partial charge in [-0.25, -0.2) is 9.97 Å². The van der Waals surface area contributed by atoms with E-state index in [4.69, 9.17) is 0 Å². The number of aryl methyl sites for hydroxylation is 2. The highest BCUT2D eigenvalue weighted by atomic mass is 35.5. The summed E-state index contributed by atoms with van der Waals surface area (Å²) in [5, 5.41) is 7.14. The molecule has 0 spiro atoms. The maximum Gasteiger partial charge on any atom is 0.230 e. The predicted octanol–water partition coefficient (Wildman–Crippen LogP) is 1.86. The predicted molar refractivity (Wildman–Crippen MR) is 88.1 cm³/mol. The van der Waals surface area contributed by atoms with E-state index in [9.17, 15) is 4.79 Å². The summed E-state index contributed by atoms with van der Waals surface area (Å²) in [6.45, 7) is 7.03. The molecule has 1 aromatic rings. The number of piperidine rings is 1. The lowest BCUT2D eigenvalue weighted by Crippen LogP contribution is -2.52.